The van der Waals surface area contributed by atoms with E-state index < -0.39 is 4.61 Å². The third-order valence-electron chi connectivity index (χ3n) is 0.430. The molecule has 0 unspecified atom stereocenters. The van der Waals surface area contributed by atoms with E-state index in [1.54, 1.807) is 0 Å². The fourth-order valence-electron chi connectivity index (χ4n) is 0.175. The summed E-state index contributed by atoms with van der Waals surface area (Å²) < 4.78 is 6.59. The van der Waals surface area contributed by atoms with Gasteiger partial charge in [0.05, 0.1) is 0 Å². The second-order valence-corrected chi connectivity index (χ2v) is 12.4. The Labute approximate surface area is 73.6 Å². The number of hydrogen-bond acceptors (Lipinski definition) is 2. The third-order valence-corrected chi connectivity index (χ3v) is 2.51. The van der Waals surface area contributed by atoms with Crippen LogP contribution in [-0.2, 0) is 0 Å². The van der Waals surface area contributed by atoms with Crippen molar-refractivity contribution in [3.05, 3.63) is 20.9 Å². The summed E-state index contributed by atoms with van der Waals surface area (Å²) in [6.45, 7) is 0. The quantitative estimate of drug-likeness (QED) is 0.285. The van der Waals surface area contributed by atoms with Gasteiger partial charge in [0, 0.05) is 0 Å². The molecule has 0 atom stereocenters. The normalized spacial score (nSPS) is 16.7. The summed E-state index contributed by atoms with van der Waals surface area (Å²) in [5.41, 5.74) is 15.5. The van der Waals surface area contributed by atoms with Gasteiger partial charge in [0.25, 0.3) is 0 Å². The van der Waals surface area contributed by atoms with Gasteiger partial charge in [0.1, 0.15) is 0 Å². The van der Waals surface area contributed by atoms with Crippen molar-refractivity contribution in [2.45, 2.75) is 0 Å². The predicted molar refractivity (Wildman–Crippen MR) is 43.9 cm³/mol. The van der Waals surface area contributed by atoms with Gasteiger partial charge < -0.3 is 0 Å². The Kier molecular flexibility index (Phi) is 2.14. The SMILES string of the molecule is [N-]=[N+]=N[P-](F)(Cl)(Cl)(Cl)N=[N+]=[N-]. The van der Waals surface area contributed by atoms with Gasteiger partial charge in [-0.15, -0.1) is 0 Å². The molecule has 0 saturated carbocycles. The molecule has 0 saturated heterocycles. The molecule has 0 N–H and O–H groups in total. The average molecular weight is 240 g/mol. The number of halogens is 4. The van der Waals surface area contributed by atoms with Crippen molar-refractivity contribution in [1.82, 2.24) is 0 Å². The molecule has 0 aliphatic heterocycles. The summed E-state index contributed by atoms with van der Waals surface area (Å²) in [4.78, 5) is 8.31. The molecule has 0 spiro atoms. The molecule has 11 heavy (non-hydrogen) atoms. The van der Waals surface area contributed by atoms with Gasteiger partial charge in [-0.05, 0) is 0 Å². The molecule has 0 aliphatic carbocycles. The first-order chi connectivity index (χ1) is 4.62. The Morgan fingerprint density at radius 2 is 1.36 bits per heavy atom. The molecule has 0 aromatic carbocycles. The van der Waals surface area contributed by atoms with E-state index >= 15 is 0 Å². The fourth-order valence-corrected chi connectivity index (χ4v) is 1.07. The summed E-state index contributed by atoms with van der Waals surface area (Å²) in [5.74, 6) is 0. The van der Waals surface area contributed by atoms with E-state index in [1.807, 2.05) is 9.82 Å². The van der Waals surface area contributed by atoms with Crippen LogP contribution in [0.15, 0.2) is 9.77 Å². The van der Waals surface area contributed by atoms with E-state index in [0.29, 0.717) is 0 Å². The zero-order valence-electron chi connectivity index (χ0n) is 4.64. The van der Waals surface area contributed by atoms with E-state index in [4.69, 9.17) is 44.8 Å². The first-order valence-electron chi connectivity index (χ1n) is 1.88. The van der Waals surface area contributed by atoms with Gasteiger partial charge in [0.15, 0.2) is 0 Å². The van der Waals surface area contributed by atoms with Crippen molar-refractivity contribution in [2.75, 3.05) is 0 Å². The van der Waals surface area contributed by atoms with Gasteiger partial charge in [0.2, 0.25) is 0 Å². The summed E-state index contributed by atoms with van der Waals surface area (Å²) in [7, 11) is 0. The Hall–Kier alpha value is -0.150. The molecule has 6 nitrogen and oxygen atoms in total. The van der Waals surface area contributed by atoms with Crippen molar-refractivity contribution < 1.29 is 4.20 Å². The van der Waals surface area contributed by atoms with Gasteiger partial charge in [-0.1, -0.05) is 0 Å². The summed E-state index contributed by atoms with van der Waals surface area (Å²) in [6.07, 6.45) is 0. The van der Waals surface area contributed by atoms with E-state index in [0.717, 1.165) is 0 Å². The average Bonchev–Trinajstić information content (AvgIpc) is 1.59. The summed E-state index contributed by atoms with van der Waals surface area (Å²) in [6, 6.07) is 0. The molecule has 0 aliphatic rings. The number of azide groups is 1. The second kappa shape index (κ2) is 2.17. The zero-order valence-corrected chi connectivity index (χ0v) is 7.80. The minimum atomic E-state index is -6.47. The monoisotopic (exact) mass is 239 g/mol. The molecular weight excluding hydrogens is 240 g/mol. The van der Waals surface area contributed by atoms with Crippen LogP contribution in [0.25, 0.3) is 20.9 Å². The first-order valence-corrected chi connectivity index (χ1v) is 7.07. The van der Waals surface area contributed by atoms with Crippen molar-refractivity contribution in [3.63, 3.8) is 0 Å². The zero-order chi connectivity index (χ0) is 9.24. The van der Waals surface area contributed by atoms with Crippen LogP contribution in [0.4, 0.5) is 4.20 Å². The molecule has 0 radical (unpaired) electrons. The van der Waals surface area contributed by atoms with Gasteiger partial charge >= 0.3 is 73.2 Å². The molecular formula is Cl3FN6P-. The van der Waals surface area contributed by atoms with E-state index in [-0.39, 0.29) is 0 Å². The Morgan fingerprint density at radius 1 is 1.09 bits per heavy atom. The predicted octanol–water partition coefficient (Wildman–Crippen LogP) is 4.87. The first kappa shape index (κ1) is 10.8. The molecule has 0 heterocycles. The summed E-state index contributed by atoms with van der Waals surface area (Å²) in [5, 5.41) is 0. The Balaban J connectivity index is 5.54. The topological polar surface area (TPSA) is 97.5 Å². The molecule has 0 aromatic rings. The van der Waals surface area contributed by atoms with E-state index in [9.17, 15) is 4.20 Å². The van der Waals surface area contributed by atoms with Gasteiger partial charge in [-0.2, -0.15) is 0 Å². The molecule has 0 bridgehead atoms. The fraction of sp³-hybridized carbons (Fsp3) is 0. The number of rotatable bonds is 2. The Bertz CT molecular complexity index is 249. The van der Waals surface area contributed by atoms with Crippen molar-refractivity contribution in [2.24, 2.45) is 9.77 Å². The van der Waals surface area contributed by atoms with Crippen LogP contribution in [0.3, 0.4) is 0 Å². The van der Waals surface area contributed by atoms with Gasteiger partial charge in [-0.3, -0.25) is 0 Å². The minimum absolute atomic E-state index is 1.92. The summed E-state index contributed by atoms with van der Waals surface area (Å²) >= 11 is 14.4. The van der Waals surface area contributed by atoms with Crippen LogP contribution in [0.2, 0.25) is 0 Å². The molecule has 11 heteroatoms. The number of nitrogens with zero attached hydrogens (tertiary/aromatic N) is 6. The molecule has 0 amide bonds. The van der Waals surface area contributed by atoms with Crippen LogP contribution >= 0.6 is 38.3 Å². The maximum atomic E-state index is 13.1. The van der Waals surface area contributed by atoms with Crippen LogP contribution in [0, 0.1) is 0 Å². The van der Waals surface area contributed by atoms with Crippen LogP contribution in [0.5, 0.6) is 0 Å². The second-order valence-electron chi connectivity index (χ2n) is 1.44. The molecule has 64 valence electrons. The van der Waals surface area contributed by atoms with Crippen molar-refractivity contribution in [1.29, 1.82) is 0 Å². The van der Waals surface area contributed by atoms with E-state index in [1.165, 1.54) is 0 Å². The van der Waals surface area contributed by atoms with Crippen LogP contribution < -0.4 is 0 Å². The van der Waals surface area contributed by atoms with E-state index in [2.05, 4.69) is 9.77 Å². The van der Waals surface area contributed by atoms with Gasteiger partial charge in [-0.25, -0.2) is 0 Å². The maximum absolute atomic E-state index is 13.1. The third kappa shape index (κ3) is 4.32. The van der Waals surface area contributed by atoms with Crippen molar-refractivity contribution >= 4 is 38.3 Å². The van der Waals surface area contributed by atoms with Crippen molar-refractivity contribution in [3.8, 4) is 0 Å². The number of hydrogen-bond donors (Lipinski definition) is 0. The molecule has 0 aromatic heterocycles. The molecule has 0 fully saturated rings. The van der Waals surface area contributed by atoms with Crippen LogP contribution in [-0.4, -0.2) is 0 Å². The Morgan fingerprint density at radius 3 is 1.55 bits per heavy atom. The standard InChI is InChI=1S/Cl3FN6P/c1-11(2,3,4,9-7-5)10-8-6/q-1. The van der Waals surface area contributed by atoms with Crippen LogP contribution in [0.1, 0.15) is 0 Å². The molecule has 0 rings (SSSR count).